The van der Waals surface area contributed by atoms with Gasteiger partial charge in [0.1, 0.15) is 0 Å². The van der Waals surface area contributed by atoms with Gasteiger partial charge in [-0.15, -0.1) is 0 Å². The Morgan fingerprint density at radius 3 is 1.94 bits per heavy atom. The van der Waals surface area contributed by atoms with Gasteiger partial charge in [0.2, 0.25) is 0 Å². The molecule has 1 atom stereocenters. The monoisotopic (exact) mass is 258 g/mol. The molecule has 1 N–H and O–H groups in total. The molecule has 0 radical (unpaired) electrons. The van der Waals surface area contributed by atoms with Crippen molar-refractivity contribution in [3.8, 4) is 0 Å². The predicted molar refractivity (Wildman–Crippen MR) is 70.4 cm³/mol. The van der Waals surface area contributed by atoms with E-state index in [1.807, 2.05) is 0 Å². The lowest BCUT2D eigenvalue weighted by atomic mass is 10.1. The van der Waals surface area contributed by atoms with Crippen molar-refractivity contribution in [3.05, 3.63) is 0 Å². The average molecular weight is 258 g/mol. The topological polar surface area (TPSA) is 63.6 Å². The number of hydrogen-bond acceptors (Lipinski definition) is 3. The van der Waals surface area contributed by atoms with Crippen LogP contribution in [0, 0.1) is 0 Å². The molecule has 0 fully saturated rings. The van der Waals surface area contributed by atoms with Gasteiger partial charge in [0, 0.05) is 6.92 Å². The molecule has 0 rings (SSSR count). The Hall–Kier alpha value is -1.06. The molecule has 4 heteroatoms. The number of unbranched alkanes of at least 4 members (excludes halogenated alkanes) is 7. The molecule has 0 aromatic rings. The van der Waals surface area contributed by atoms with Crippen LogP contribution in [0.1, 0.15) is 71.6 Å². The van der Waals surface area contributed by atoms with Crippen LogP contribution in [-0.4, -0.2) is 23.1 Å². The Bertz CT molecular complexity index is 238. The van der Waals surface area contributed by atoms with E-state index in [9.17, 15) is 9.59 Å². The molecule has 0 saturated heterocycles. The SMILES string of the molecule is CCCCCCCCCCC(OC(C)=O)C(=O)O. The maximum Gasteiger partial charge on any atom is 0.345 e. The highest BCUT2D eigenvalue weighted by Crippen LogP contribution is 2.12. The van der Waals surface area contributed by atoms with Crippen LogP contribution >= 0.6 is 0 Å². The maximum atomic E-state index is 10.8. The molecule has 0 aliphatic carbocycles. The first-order valence-electron chi connectivity index (χ1n) is 6.98. The fourth-order valence-corrected chi connectivity index (χ4v) is 1.90. The van der Waals surface area contributed by atoms with Crippen molar-refractivity contribution in [3.63, 3.8) is 0 Å². The Kier molecular flexibility index (Phi) is 10.4. The van der Waals surface area contributed by atoms with E-state index >= 15 is 0 Å². The minimum absolute atomic E-state index is 0.421. The second-order valence-electron chi connectivity index (χ2n) is 4.70. The highest BCUT2D eigenvalue weighted by molar-refractivity contribution is 5.76. The zero-order valence-electron chi connectivity index (χ0n) is 11.6. The summed E-state index contributed by atoms with van der Waals surface area (Å²) in [5.41, 5.74) is 0. The predicted octanol–water partition coefficient (Wildman–Crippen LogP) is 3.53. The lowest BCUT2D eigenvalue weighted by Gasteiger charge is -2.11. The Morgan fingerprint density at radius 2 is 1.50 bits per heavy atom. The minimum Gasteiger partial charge on any atom is -0.479 e. The minimum atomic E-state index is -1.05. The molecule has 0 bridgehead atoms. The molecule has 0 heterocycles. The lowest BCUT2D eigenvalue weighted by molar-refractivity contribution is -0.163. The summed E-state index contributed by atoms with van der Waals surface area (Å²) in [7, 11) is 0. The molecule has 0 aromatic heterocycles. The van der Waals surface area contributed by atoms with Gasteiger partial charge in [-0.3, -0.25) is 4.79 Å². The second-order valence-corrected chi connectivity index (χ2v) is 4.70. The number of ether oxygens (including phenoxy) is 1. The van der Waals surface area contributed by atoms with Crippen molar-refractivity contribution in [2.45, 2.75) is 77.7 Å². The van der Waals surface area contributed by atoms with Crippen LogP contribution in [0.15, 0.2) is 0 Å². The average Bonchev–Trinajstić information content (AvgIpc) is 2.30. The number of rotatable bonds is 11. The zero-order chi connectivity index (χ0) is 13.8. The molecular formula is C14H26O4. The lowest BCUT2D eigenvalue weighted by Crippen LogP contribution is -2.25. The standard InChI is InChI=1S/C14H26O4/c1-3-4-5-6-7-8-9-10-11-13(14(16)17)18-12(2)15/h13H,3-11H2,1-2H3,(H,16,17). The van der Waals surface area contributed by atoms with Crippen molar-refractivity contribution in [2.75, 3.05) is 0 Å². The van der Waals surface area contributed by atoms with Gasteiger partial charge < -0.3 is 9.84 Å². The smallest absolute Gasteiger partial charge is 0.345 e. The van der Waals surface area contributed by atoms with E-state index in [1.54, 1.807) is 0 Å². The summed E-state index contributed by atoms with van der Waals surface area (Å²) in [6, 6.07) is 0. The van der Waals surface area contributed by atoms with E-state index in [2.05, 4.69) is 6.92 Å². The number of esters is 1. The van der Waals surface area contributed by atoms with Crippen LogP contribution in [-0.2, 0) is 14.3 Å². The Labute approximate surface area is 110 Å². The van der Waals surface area contributed by atoms with Gasteiger partial charge in [-0.25, -0.2) is 4.79 Å². The quantitative estimate of drug-likeness (QED) is 0.455. The summed E-state index contributed by atoms with van der Waals surface area (Å²) in [5.74, 6) is -1.57. The Balaban J connectivity index is 3.49. The summed E-state index contributed by atoms with van der Waals surface area (Å²) in [6.07, 6.45) is 8.72. The molecular weight excluding hydrogens is 232 g/mol. The summed E-state index contributed by atoms with van der Waals surface area (Å²) >= 11 is 0. The summed E-state index contributed by atoms with van der Waals surface area (Å²) in [4.78, 5) is 21.5. The fourth-order valence-electron chi connectivity index (χ4n) is 1.90. The third kappa shape index (κ3) is 10.1. The third-order valence-electron chi connectivity index (χ3n) is 2.90. The van der Waals surface area contributed by atoms with Gasteiger partial charge in [-0.05, 0) is 12.8 Å². The molecule has 0 aromatic carbocycles. The molecule has 0 aliphatic rings. The highest BCUT2D eigenvalue weighted by atomic mass is 16.6. The maximum absolute atomic E-state index is 10.8. The van der Waals surface area contributed by atoms with E-state index in [-0.39, 0.29) is 0 Å². The molecule has 0 amide bonds. The van der Waals surface area contributed by atoms with Crippen LogP contribution in [0.3, 0.4) is 0 Å². The number of carboxylic acid groups (broad SMARTS) is 1. The van der Waals surface area contributed by atoms with Crippen molar-refractivity contribution in [2.24, 2.45) is 0 Å². The van der Waals surface area contributed by atoms with E-state index < -0.39 is 18.0 Å². The van der Waals surface area contributed by atoms with Gasteiger partial charge in [-0.1, -0.05) is 51.9 Å². The highest BCUT2D eigenvalue weighted by Gasteiger charge is 2.19. The largest absolute Gasteiger partial charge is 0.479 e. The molecule has 4 nitrogen and oxygen atoms in total. The van der Waals surface area contributed by atoms with Gasteiger partial charge >= 0.3 is 11.9 Å². The summed E-state index contributed by atoms with van der Waals surface area (Å²) in [5, 5.41) is 8.84. The first kappa shape index (κ1) is 16.9. The third-order valence-corrected chi connectivity index (χ3v) is 2.90. The number of carboxylic acids is 1. The summed E-state index contributed by atoms with van der Waals surface area (Å²) < 4.78 is 4.73. The number of aliphatic carboxylic acids is 1. The van der Waals surface area contributed by atoms with Gasteiger partial charge in [0.05, 0.1) is 0 Å². The van der Waals surface area contributed by atoms with Crippen molar-refractivity contribution in [1.29, 1.82) is 0 Å². The van der Waals surface area contributed by atoms with Crippen LogP contribution in [0.2, 0.25) is 0 Å². The van der Waals surface area contributed by atoms with E-state index in [0.717, 1.165) is 19.3 Å². The van der Waals surface area contributed by atoms with Crippen LogP contribution in [0.25, 0.3) is 0 Å². The van der Waals surface area contributed by atoms with Gasteiger partial charge in [0.25, 0.3) is 0 Å². The first-order chi connectivity index (χ1) is 8.57. The first-order valence-corrected chi connectivity index (χ1v) is 6.98. The zero-order valence-corrected chi connectivity index (χ0v) is 11.6. The molecule has 18 heavy (non-hydrogen) atoms. The number of carbonyl (C=O) groups is 2. The molecule has 0 aliphatic heterocycles. The van der Waals surface area contributed by atoms with Gasteiger partial charge in [0.15, 0.2) is 6.10 Å². The Morgan fingerprint density at radius 1 is 1.00 bits per heavy atom. The molecule has 1 unspecified atom stereocenters. The van der Waals surface area contributed by atoms with E-state index in [4.69, 9.17) is 9.84 Å². The van der Waals surface area contributed by atoms with Crippen LogP contribution < -0.4 is 0 Å². The van der Waals surface area contributed by atoms with E-state index in [0.29, 0.717) is 6.42 Å². The van der Waals surface area contributed by atoms with Crippen LogP contribution in [0.5, 0.6) is 0 Å². The van der Waals surface area contributed by atoms with Gasteiger partial charge in [-0.2, -0.15) is 0 Å². The van der Waals surface area contributed by atoms with Crippen molar-refractivity contribution < 1.29 is 19.4 Å². The number of hydrogen-bond donors (Lipinski definition) is 1. The van der Waals surface area contributed by atoms with Crippen LogP contribution in [0.4, 0.5) is 0 Å². The number of carbonyl (C=O) groups excluding carboxylic acids is 1. The van der Waals surface area contributed by atoms with E-state index in [1.165, 1.54) is 39.0 Å². The fraction of sp³-hybridized carbons (Fsp3) is 0.857. The second kappa shape index (κ2) is 11.1. The van der Waals surface area contributed by atoms with Crippen molar-refractivity contribution in [1.82, 2.24) is 0 Å². The molecule has 0 spiro atoms. The summed E-state index contributed by atoms with van der Waals surface area (Å²) in [6.45, 7) is 3.44. The van der Waals surface area contributed by atoms with Crippen molar-refractivity contribution >= 4 is 11.9 Å². The molecule has 106 valence electrons. The molecule has 0 saturated carbocycles. The normalized spacial score (nSPS) is 12.1.